The van der Waals surface area contributed by atoms with Gasteiger partial charge in [-0.3, -0.25) is 0 Å². The smallest absolute Gasteiger partial charge is 0.164 e. The van der Waals surface area contributed by atoms with Crippen molar-refractivity contribution in [3.63, 3.8) is 0 Å². The molecule has 2 heterocycles. The van der Waals surface area contributed by atoms with Gasteiger partial charge in [0.05, 0.1) is 0 Å². The van der Waals surface area contributed by atoms with Crippen LogP contribution in [0.1, 0.15) is 103 Å². The van der Waals surface area contributed by atoms with Crippen molar-refractivity contribution in [1.29, 1.82) is 0 Å². The summed E-state index contributed by atoms with van der Waals surface area (Å²) in [7, 11) is 0. The lowest BCUT2D eigenvalue weighted by Crippen LogP contribution is -2.29. The van der Waals surface area contributed by atoms with Crippen LogP contribution < -0.4 is 15.9 Å². The molecule has 4 heteroatoms. The SMILES string of the molecule is C=CCC=C/C=C(\C)c1nc(C2=Cc3c(=C/C)/c(=C\CC)c4cc(C=C)c(/C=C\C)c5oc(c3c54)=CC2)nc(-c2ccccc2)n1.CC.CC. The van der Waals surface area contributed by atoms with E-state index in [0.717, 1.165) is 68.0 Å². The number of nitrogens with zero attached hydrogens (tertiary/aromatic N) is 3. The van der Waals surface area contributed by atoms with Crippen LogP contribution in [0.25, 0.3) is 80.7 Å². The van der Waals surface area contributed by atoms with Crippen molar-refractivity contribution in [2.45, 2.75) is 74.7 Å². The first kappa shape index (κ1) is 37.5. The Hall–Kier alpha value is -5.35. The van der Waals surface area contributed by atoms with E-state index in [-0.39, 0.29) is 0 Å². The molecule has 0 radical (unpaired) electrons. The van der Waals surface area contributed by atoms with Crippen LogP contribution in [0.2, 0.25) is 0 Å². The van der Waals surface area contributed by atoms with Crippen LogP contribution in [0.5, 0.6) is 0 Å². The van der Waals surface area contributed by atoms with Crippen LogP contribution in [0.4, 0.5) is 0 Å². The number of furan rings is 1. The fourth-order valence-corrected chi connectivity index (χ4v) is 6.24. The van der Waals surface area contributed by atoms with Gasteiger partial charge in [-0.1, -0.05) is 126 Å². The summed E-state index contributed by atoms with van der Waals surface area (Å²) in [4.78, 5) is 15.0. The van der Waals surface area contributed by atoms with Crippen molar-refractivity contribution in [2.75, 3.05) is 0 Å². The van der Waals surface area contributed by atoms with Crippen LogP contribution in [-0.4, -0.2) is 15.0 Å². The standard InChI is InChI=1S/C42H39N3O.2C2H6/c1-7-12-13-15-20-27(6)40-43-41(29-21-16-14-17-22-29)45-42(44-40)30-23-24-36-37-34(26-30)31(11-5)33(19-9-3)35-25-28(10-4)32(18-8-2)39(46-36)38(35)37;2*1-2/h7-8,10-11,13-22,24-26H,1,4,9,12,23H2,2-3,5-6H3;2*1-2H3/b15-13?,18-8-,27-20+,31-11+,33-19+;;. The van der Waals surface area contributed by atoms with Crippen molar-refractivity contribution < 1.29 is 4.42 Å². The molecule has 0 saturated carbocycles. The highest BCUT2D eigenvalue weighted by Crippen LogP contribution is 2.35. The van der Waals surface area contributed by atoms with E-state index in [4.69, 9.17) is 19.4 Å². The first-order chi connectivity index (χ1) is 24.5. The van der Waals surface area contributed by atoms with Gasteiger partial charge in [0.25, 0.3) is 0 Å². The Morgan fingerprint density at radius 3 is 2.34 bits per heavy atom. The van der Waals surface area contributed by atoms with E-state index in [9.17, 15) is 0 Å². The molecule has 50 heavy (non-hydrogen) atoms. The van der Waals surface area contributed by atoms with E-state index in [0.29, 0.717) is 23.9 Å². The molecule has 0 bridgehead atoms. The maximum absolute atomic E-state index is 6.77. The molecular weight excluding hydrogens is 611 g/mol. The number of hydrogen-bond donors (Lipinski definition) is 0. The van der Waals surface area contributed by atoms with Crippen molar-refractivity contribution in [3.8, 4) is 11.4 Å². The maximum Gasteiger partial charge on any atom is 0.164 e. The van der Waals surface area contributed by atoms with Gasteiger partial charge >= 0.3 is 0 Å². The van der Waals surface area contributed by atoms with Gasteiger partial charge in [0, 0.05) is 27.5 Å². The third-order valence-corrected chi connectivity index (χ3v) is 8.37. The van der Waals surface area contributed by atoms with Crippen LogP contribution in [0.15, 0.2) is 84.4 Å². The molecule has 0 unspecified atom stereocenters. The lowest BCUT2D eigenvalue weighted by molar-refractivity contribution is 0.582. The number of hydrogen-bond acceptors (Lipinski definition) is 4. The van der Waals surface area contributed by atoms with Gasteiger partial charge in [0.15, 0.2) is 17.5 Å². The summed E-state index contributed by atoms with van der Waals surface area (Å²) in [5.74, 6) is 1.97. The Balaban J connectivity index is 0.00000136. The Morgan fingerprint density at radius 2 is 1.68 bits per heavy atom. The monoisotopic (exact) mass is 661 g/mol. The Morgan fingerprint density at radius 1 is 0.940 bits per heavy atom. The summed E-state index contributed by atoms with van der Waals surface area (Å²) in [5.41, 5.74) is 7.95. The van der Waals surface area contributed by atoms with E-state index < -0.39 is 0 Å². The van der Waals surface area contributed by atoms with Gasteiger partial charge in [-0.25, -0.2) is 15.0 Å². The normalized spacial score (nSPS) is 13.5. The first-order valence-corrected chi connectivity index (χ1v) is 18.0. The van der Waals surface area contributed by atoms with Crippen molar-refractivity contribution in [1.82, 2.24) is 15.0 Å². The first-order valence-electron chi connectivity index (χ1n) is 18.0. The average Bonchev–Trinajstić information content (AvgIpc) is 3.45. The van der Waals surface area contributed by atoms with Crippen LogP contribution in [-0.2, 0) is 0 Å². The van der Waals surface area contributed by atoms with Crippen LogP contribution in [0.3, 0.4) is 0 Å². The summed E-state index contributed by atoms with van der Waals surface area (Å²) in [6.45, 7) is 24.3. The maximum atomic E-state index is 6.77. The molecule has 0 aliphatic heterocycles. The molecule has 2 aromatic heterocycles. The van der Waals surface area contributed by atoms with Gasteiger partial charge in [0.2, 0.25) is 0 Å². The summed E-state index contributed by atoms with van der Waals surface area (Å²) >= 11 is 0. The lowest BCUT2D eigenvalue weighted by atomic mass is 9.92. The van der Waals surface area contributed by atoms with E-state index in [2.05, 4.69) is 75.6 Å². The third-order valence-electron chi connectivity index (χ3n) is 8.37. The molecule has 6 rings (SSSR count). The molecule has 256 valence electrons. The third kappa shape index (κ3) is 7.45. The van der Waals surface area contributed by atoms with E-state index in [1.165, 1.54) is 15.8 Å². The summed E-state index contributed by atoms with van der Waals surface area (Å²) < 4.78 is 6.77. The Kier molecular flexibility index (Phi) is 13.4. The minimum Gasteiger partial charge on any atom is -0.456 e. The van der Waals surface area contributed by atoms with Crippen molar-refractivity contribution >= 4 is 69.3 Å². The minimum absolute atomic E-state index is 0.614. The zero-order valence-electron chi connectivity index (χ0n) is 31.1. The molecule has 0 N–H and O–H groups in total. The second-order valence-electron chi connectivity index (χ2n) is 11.4. The summed E-state index contributed by atoms with van der Waals surface area (Å²) in [5, 5.41) is 5.86. The second kappa shape index (κ2) is 17.9. The molecule has 0 saturated heterocycles. The molecule has 0 spiro atoms. The lowest BCUT2D eigenvalue weighted by Gasteiger charge is -2.12. The van der Waals surface area contributed by atoms with Crippen molar-refractivity contribution in [2.24, 2.45) is 0 Å². The van der Waals surface area contributed by atoms with Crippen LogP contribution in [0, 0.1) is 0 Å². The van der Waals surface area contributed by atoms with Gasteiger partial charge in [-0.15, -0.1) is 6.58 Å². The van der Waals surface area contributed by atoms with E-state index in [1.807, 2.05) is 96.2 Å². The second-order valence-corrected chi connectivity index (χ2v) is 11.4. The van der Waals surface area contributed by atoms with Gasteiger partial charge < -0.3 is 4.42 Å². The largest absolute Gasteiger partial charge is 0.456 e. The molecule has 3 aromatic carbocycles. The number of benzene rings is 3. The highest BCUT2D eigenvalue weighted by atomic mass is 16.3. The topological polar surface area (TPSA) is 51.8 Å². The van der Waals surface area contributed by atoms with Crippen LogP contribution >= 0.6 is 0 Å². The number of rotatable bonds is 9. The number of aromatic nitrogens is 3. The Bertz CT molecular complexity index is 2290. The molecular formula is C46H51N3O. The molecule has 0 amide bonds. The fraction of sp³-hybridized carbons (Fsp3) is 0.239. The highest BCUT2D eigenvalue weighted by Gasteiger charge is 2.22. The zero-order chi connectivity index (χ0) is 36.2. The fourth-order valence-electron chi connectivity index (χ4n) is 6.24. The highest BCUT2D eigenvalue weighted by molar-refractivity contribution is 6.16. The van der Waals surface area contributed by atoms with E-state index >= 15 is 0 Å². The van der Waals surface area contributed by atoms with E-state index in [1.54, 1.807) is 0 Å². The number of allylic oxidation sites excluding steroid dienone is 7. The van der Waals surface area contributed by atoms with Crippen molar-refractivity contribution in [3.05, 3.63) is 124 Å². The Labute approximate surface area is 298 Å². The average molecular weight is 662 g/mol. The predicted molar refractivity (Wildman–Crippen MR) is 220 cm³/mol. The predicted octanol–water partition coefficient (Wildman–Crippen LogP) is 11.1. The quantitative estimate of drug-likeness (QED) is 0.117. The molecule has 0 atom stereocenters. The minimum atomic E-state index is 0.614. The molecule has 1 aliphatic carbocycles. The zero-order valence-corrected chi connectivity index (χ0v) is 31.1. The molecule has 0 fully saturated rings. The molecule has 4 nitrogen and oxygen atoms in total. The van der Waals surface area contributed by atoms with Gasteiger partial charge in [-0.2, -0.15) is 0 Å². The molecule has 1 aliphatic rings. The van der Waals surface area contributed by atoms with Gasteiger partial charge in [0.1, 0.15) is 11.0 Å². The summed E-state index contributed by atoms with van der Waals surface area (Å²) in [6, 6.07) is 12.4. The molecule has 5 aromatic rings. The summed E-state index contributed by atoms with van der Waals surface area (Å²) in [6.07, 6.45) is 25.4. The van der Waals surface area contributed by atoms with Gasteiger partial charge in [-0.05, 0) is 90.8 Å².